The van der Waals surface area contributed by atoms with Gasteiger partial charge in [0.05, 0.1) is 13.2 Å². The van der Waals surface area contributed by atoms with E-state index in [4.69, 9.17) is 9.47 Å². The lowest BCUT2D eigenvalue weighted by atomic mass is 10.00. The van der Waals surface area contributed by atoms with Crippen LogP contribution in [0.25, 0.3) is 0 Å². The van der Waals surface area contributed by atoms with Gasteiger partial charge in [-0.25, -0.2) is 0 Å². The fourth-order valence-corrected chi connectivity index (χ4v) is 2.70. The van der Waals surface area contributed by atoms with Crippen LogP contribution in [0.4, 0.5) is 0 Å². The fraction of sp³-hybridized carbons (Fsp3) is 0.538. The van der Waals surface area contributed by atoms with Crippen molar-refractivity contribution in [2.24, 2.45) is 0 Å². The number of ether oxygens (including phenoxy) is 2. The average Bonchev–Trinajstić information content (AvgIpc) is 2.59. The highest BCUT2D eigenvalue weighted by molar-refractivity contribution is 7.12. The van der Waals surface area contributed by atoms with Crippen LogP contribution in [-0.2, 0) is 19.1 Å². The molecule has 0 aliphatic carbocycles. The van der Waals surface area contributed by atoms with Crippen LogP contribution < -0.4 is 0 Å². The third kappa shape index (κ3) is 3.32. The molecular formula is C13H18O4S. The minimum atomic E-state index is -0.963. The summed E-state index contributed by atoms with van der Waals surface area (Å²) >= 11 is 1.55. The Labute approximate surface area is 111 Å². The number of thiophene rings is 1. The number of esters is 2. The van der Waals surface area contributed by atoms with E-state index in [-0.39, 0.29) is 13.2 Å². The summed E-state index contributed by atoms with van der Waals surface area (Å²) in [5, 5.41) is 0. The molecular weight excluding hydrogens is 252 g/mol. The summed E-state index contributed by atoms with van der Waals surface area (Å²) in [6.45, 7) is 7.75. The van der Waals surface area contributed by atoms with Gasteiger partial charge in [0.15, 0.2) is 5.92 Å². The molecule has 0 N–H and O–H groups in total. The minimum absolute atomic E-state index is 0.247. The zero-order valence-corrected chi connectivity index (χ0v) is 11.9. The molecule has 0 aromatic carbocycles. The van der Waals surface area contributed by atoms with Crippen molar-refractivity contribution in [1.29, 1.82) is 0 Å². The second kappa shape index (κ2) is 6.54. The first-order valence-electron chi connectivity index (χ1n) is 5.91. The maximum absolute atomic E-state index is 11.9. The number of hydrogen-bond acceptors (Lipinski definition) is 5. The van der Waals surface area contributed by atoms with Gasteiger partial charge in [0.1, 0.15) is 0 Å². The SMILES string of the molecule is CCOC(=O)C(C(=O)OCC)c1cc(C)sc1C. The molecule has 0 spiro atoms. The van der Waals surface area contributed by atoms with Crippen molar-refractivity contribution in [2.45, 2.75) is 33.6 Å². The Bertz CT molecular complexity index is 418. The molecule has 0 fully saturated rings. The highest BCUT2D eigenvalue weighted by Gasteiger charge is 2.33. The molecule has 0 atom stereocenters. The third-order valence-corrected chi connectivity index (χ3v) is 3.42. The van der Waals surface area contributed by atoms with Gasteiger partial charge in [0.25, 0.3) is 0 Å². The topological polar surface area (TPSA) is 52.6 Å². The summed E-state index contributed by atoms with van der Waals surface area (Å²) in [6.07, 6.45) is 0. The molecule has 4 nitrogen and oxygen atoms in total. The van der Waals surface area contributed by atoms with Gasteiger partial charge in [-0.1, -0.05) is 0 Å². The maximum Gasteiger partial charge on any atom is 0.324 e. The largest absolute Gasteiger partial charge is 0.465 e. The molecule has 0 aliphatic heterocycles. The van der Waals surface area contributed by atoms with E-state index in [0.717, 1.165) is 9.75 Å². The Morgan fingerprint density at radius 1 is 1.17 bits per heavy atom. The average molecular weight is 270 g/mol. The van der Waals surface area contributed by atoms with Crippen LogP contribution in [0.3, 0.4) is 0 Å². The van der Waals surface area contributed by atoms with E-state index in [1.807, 2.05) is 19.9 Å². The first-order valence-corrected chi connectivity index (χ1v) is 6.73. The molecule has 0 saturated carbocycles. The molecule has 0 amide bonds. The third-order valence-electron chi connectivity index (χ3n) is 2.43. The van der Waals surface area contributed by atoms with Crippen LogP contribution in [0, 0.1) is 13.8 Å². The molecule has 0 bridgehead atoms. The number of rotatable bonds is 5. The molecule has 1 rings (SSSR count). The van der Waals surface area contributed by atoms with Crippen molar-refractivity contribution in [3.05, 3.63) is 21.4 Å². The Morgan fingerprint density at radius 3 is 2.00 bits per heavy atom. The molecule has 100 valence electrons. The van der Waals surface area contributed by atoms with Gasteiger partial charge in [0, 0.05) is 9.75 Å². The highest BCUT2D eigenvalue weighted by Crippen LogP contribution is 2.29. The van der Waals surface area contributed by atoms with Crippen LogP contribution >= 0.6 is 11.3 Å². The first-order chi connectivity index (χ1) is 8.51. The van der Waals surface area contributed by atoms with Crippen LogP contribution in [0.2, 0.25) is 0 Å². The highest BCUT2D eigenvalue weighted by atomic mass is 32.1. The van der Waals surface area contributed by atoms with Gasteiger partial charge in [-0.05, 0) is 39.3 Å². The molecule has 18 heavy (non-hydrogen) atoms. The molecule has 0 unspecified atom stereocenters. The maximum atomic E-state index is 11.9. The van der Waals surface area contributed by atoms with E-state index in [0.29, 0.717) is 5.56 Å². The lowest BCUT2D eigenvalue weighted by molar-refractivity contribution is -0.156. The predicted molar refractivity (Wildman–Crippen MR) is 69.8 cm³/mol. The molecule has 0 aliphatic rings. The number of carbonyl (C=O) groups excluding carboxylic acids is 2. The first kappa shape index (κ1) is 14.7. The van der Waals surface area contributed by atoms with Crippen molar-refractivity contribution >= 4 is 23.3 Å². The summed E-state index contributed by atoms with van der Waals surface area (Å²) < 4.78 is 9.91. The predicted octanol–water partition coefficient (Wildman–Crippen LogP) is 2.57. The van der Waals surface area contributed by atoms with Gasteiger partial charge in [-0.3, -0.25) is 9.59 Å². The van der Waals surface area contributed by atoms with Gasteiger partial charge >= 0.3 is 11.9 Å². The van der Waals surface area contributed by atoms with Crippen LogP contribution in [0.5, 0.6) is 0 Å². The van der Waals surface area contributed by atoms with Crippen molar-refractivity contribution in [1.82, 2.24) is 0 Å². The van der Waals surface area contributed by atoms with E-state index < -0.39 is 17.9 Å². The lowest BCUT2D eigenvalue weighted by Gasteiger charge is -2.14. The van der Waals surface area contributed by atoms with E-state index in [2.05, 4.69) is 0 Å². The number of carbonyl (C=O) groups is 2. The smallest absolute Gasteiger partial charge is 0.324 e. The zero-order chi connectivity index (χ0) is 13.7. The van der Waals surface area contributed by atoms with E-state index in [1.54, 1.807) is 25.2 Å². The Hall–Kier alpha value is -1.36. The molecule has 5 heteroatoms. The summed E-state index contributed by atoms with van der Waals surface area (Å²) in [6, 6.07) is 1.85. The molecule has 0 radical (unpaired) electrons. The Morgan fingerprint density at radius 2 is 1.67 bits per heavy atom. The van der Waals surface area contributed by atoms with E-state index >= 15 is 0 Å². The second-order valence-corrected chi connectivity index (χ2v) is 5.27. The molecule has 0 saturated heterocycles. The normalized spacial score (nSPS) is 10.5. The lowest BCUT2D eigenvalue weighted by Crippen LogP contribution is -2.26. The molecule has 1 heterocycles. The zero-order valence-electron chi connectivity index (χ0n) is 11.1. The quantitative estimate of drug-likeness (QED) is 0.609. The standard InChI is InChI=1S/C13H18O4S/c1-5-16-12(14)11(13(15)17-6-2)10-7-8(3)18-9(10)4/h7,11H,5-6H2,1-4H3. The fourth-order valence-electron chi connectivity index (χ4n) is 1.74. The van der Waals surface area contributed by atoms with E-state index in [1.165, 1.54) is 0 Å². The van der Waals surface area contributed by atoms with Crippen molar-refractivity contribution in [3.63, 3.8) is 0 Å². The number of hydrogen-bond donors (Lipinski definition) is 0. The van der Waals surface area contributed by atoms with Crippen LogP contribution in [0.1, 0.15) is 35.1 Å². The molecule has 1 aromatic rings. The monoisotopic (exact) mass is 270 g/mol. The summed E-state index contributed by atoms with van der Waals surface area (Å²) in [5.41, 5.74) is 0.689. The van der Waals surface area contributed by atoms with Crippen molar-refractivity contribution in [3.8, 4) is 0 Å². The van der Waals surface area contributed by atoms with Crippen molar-refractivity contribution < 1.29 is 19.1 Å². The van der Waals surface area contributed by atoms with Gasteiger partial charge < -0.3 is 9.47 Å². The van der Waals surface area contributed by atoms with Gasteiger partial charge in [-0.2, -0.15) is 0 Å². The molecule has 1 aromatic heterocycles. The summed E-state index contributed by atoms with van der Waals surface area (Å²) in [7, 11) is 0. The van der Waals surface area contributed by atoms with Crippen LogP contribution in [-0.4, -0.2) is 25.2 Å². The minimum Gasteiger partial charge on any atom is -0.465 e. The van der Waals surface area contributed by atoms with E-state index in [9.17, 15) is 9.59 Å². The second-order valence-electron chi connectivity index (χ2n) is 3.81. The Kier molecular flexibility index (Phi) is 5.34. The van der Waals surface area contributed by atoms with Gasteiger partial charge in [-0.15, -0.1) is 11.3 Å². The number of aryl methyl sites for hydroxylation is 2. The summed E-state index contributed by atoms with van der Waals surface area (Å²) in [5.74, 6) is -2.05. The summed E-state index contributed by atoms with van der Waals surface area (Å²) in [4.78, 5) is 25.8. The van der Waals surface area contributed by atoms with Crippen LogP contribution in [0.15, 0.2) is 6.07 Å². The van der Waals surface area contributed by atoms with Gasteiger partial charge in [0.2, 0.25) is 0 Å². The van der Waals surface area contributed by atoms with Crippen molar-refractivity contribution in [2.75, 3.05) is 13.2 Å². The Balaban J connectivity index is 3.07.